The van der Waals surface area contributed by atoms with Crippen molar-refractivity contribution in [3.63, 3.8) is 0 Å². The quantitative estimate of drug-likeness (QED) is 0.416. The third kappa shape index (κ3) is 6.09. The van der Waals surface area contributed by atoms with Crippen molar-refractivity contribution in [1.29, 1.82) is 0 Å². The Kier molecular flexibility index (Phi) is 6.54. The summed E-state index contributed by atoms with van der Waals surface area (Å²) in [5.74, 6) is -0.502. The lowest BCUT2D eigenvalue weighted by Crippen LogP contribution is -2.25. The van der Waals surface area contributed by atoms with Crippen molar-refractivity contribution in [3.05, 3.63) is 31.8 Å². The Hall–Kier alpha value is -0.350. The highest BCUT2D eigenvalue weighted by Crippen LogP contribution is 2.23. The molecule has 1 N–H and O–H groups in total. The predicted octanol–water partition coefficient (Wildman–Crippen LogP) is 4.06. The molecule has 19 heavy (non-hydrogen) atoms. The van der Waals surface area contributed by atoms with E-state index in [1.807, 2.05) is 6.07 Å². The molecular formula is C11H10BrF3INO2. The molecule has 0 atom stereocenters. The van der Waals surface area contributed by atoms with Gasteiger partial charge in [-0.25, -0.2) is 5.48 Å². The monoisotopic (exact) mass is 451 g/mol. The molecule has 0 saturated heterocycles. The van der Waals surface area contributed by atoms with E-state index in [-0.39, 0.29) is 13.0 Å². The molecule has 1 rings (SSSR count). The summed E-state index contributed by atoms with van der Waals surface area (Å²) in [4.78, 5) is 16.4. The van der Waals surface area contributed by atoms with Crippen LogP contribution in [0.15, 0.2) is 22.7 Å². The van der Waals surface area contributed by atoms with Gasteiger partial charge < -0.3 is 0 Å². The van der Waals surface area contributed by atoms with E-state index < -0.39 is 18.5 Å². The van der Waals surface area contributed by atoms with E-state index in [1.165, 1.54) is 0 Å². The Balaban J connectivity index is 2.38. The molecule has 1 aromatic carbocycles. The maximum absolute atomic E-state index is 11.9. The van der Waals surface area contributed by atoms with Gasteiger partial charge in [-0.15, -0.1) is 0 Å². The van der Waals surface area contributed by atoms with Crippen LogP contribution in [0.4, 0.5) is 13.2 Å². The van der Waals surface area contributed by atoms with E-state index in [1.54, 1.807) is 12.1 Å². The first kappa shape index (κ1) is 16.7. The molecule has 0 saturated carbocycles. The van der Waals surface area contributed by atoms with Gasteiger partial charge >= 0.3 is 6.18 Å². The highest BCUT2D eigenvalue weighted by molar-refractivity contribution is 14.1. The van der Waals surface area contributed by atoms with Crippen LogP contribution in [-0.4, -0.2) is 18.7 Å². The van der Waals surface area contributed by atoms with E-state index in [0.29, 0.717) is 10.0 Å². The van der Waals surface area contributed by atoms with Crippen LogP contribution < -0.4 is 5.48 Å². The second kappa shape index (κ2) is 7.44. The van der Waals surface area contributed by atoms with Crippen LogP contribution in [0.5, 0.6) is 0 Å². The molecule has 3 nitrogen and oxygen atoms in total. The lowest BCUT2D eigenvalue weighted by molar-refractivity contribution is -0.138. The van der Waals surface area contributed by atoms with Crippen LogP contribution >= 0.6 is 38.5 Å². The first-order chi connectivity index (χ1) is 8.81. The summed E-state index contributed by atoms with van der Waals surface area (Å²) >= 11 is 5.31. The molecule has 0 aliphatic carbocycles. The van der Waals surface area contributed by atoms with Gasteiger partial charge in [0.05, 0.1) is 12.2 Å². The molecule has 1 amide bonds. The first-order valence-corrected chi connectivity index (χ1v) is 7.11. The van der Waals surface area contributed by atoms with Crippen LogP contribution in [0.3, 0.4) is 0 Å². The molecule has 0 unspecified atom stereocenters. The lowest BCUT2D eigenvalue weighted by Gasteiger charge is -2.09. The normalized spacial score (nSPS) is 11.4. The molecule has 0 fully saturated rings. The van der Waals surface area contributed by atoms with E-state index >= 15 is 0 Å². The minimum Gasteiger partial charge on any atom is -0.273 e. The highest BCUT2D eigenvalue weighted by Gasteiger charge is 2.26. The van der Waals surface area contributed by atoms with Crippen molar-refractivity contribution in [2.24, 2.45) is 0 Å². The fourth-order valence-electron chi connectivity index (χ4n) is 1.20. The molecule has 106 valence electrons. The molecule has 0 aromatic heterocycles. The number of alkyl halides is 3. The number of hydrogen-bond acceptors (Lipinski definition) is 2. The number of nitrogens with one attached hydrogen (secondary N) is 1. The Morgan fingerprint density at radius 2 is 2.11 bits per heavy atom. The van der Waals surface area contributed by atoms with Gasteiger partial charge in [0.15, 0.2) is 0 Å². The number of rotatable bonds is 5. The topological polar surface area (TPSA) is 38.3 Å². The molecule has 0 spiro atoms. The molecule has 0 bridgehead atoms. The number of benzene rings is 1. The fraction of sp³-hybridized carbons (Fsp3) is 0.364. The van der Waals surface area contributed by atoms with Gasteiger partial charge in [-0.3, -0.25) is 9.63 Å². The van der Waals surface area contributed by atoms with Crippen LogP contribution in [0.1, 0.15) is 23.2 Å². The van der Waals surface area contributed by atoms with Gasteiger partial charge in [0.1, 0.15) is 0 Å². The summed E-state index contributed by atoms with van der Waals surface area (Å²) in [6.45, 7) is -0.188. The lowest BCUT2D eigenvalue weighted by atomic mass is 10.2. The maximum atomic E-state index is 11.9. The van der Waals surface area contributed by atoms with Crippen LogP contribution in [0, 0.1) is 3.57 Å². The van der Waals surface area contributed by atoms with E-state index in [0.717, 1.165) is 3.57 Å². The number of halogens is 5. The van der Waals surface area contributed by atoms with Crippen molar-refractivity contribution >= 4 is 44.4 Å². The smallest absolute Gasteiger partial charge is 0.273 e. The van der Waals surface area contributed by atoms with Crippen molar-refractivity contribution in [2.45, 2.75) is 19.0 Å². The molecule has 0 heterocycles. The van der Waals surface area contributed by atoms with Gasteiger partial charge in [0.25, 0.3) is 5.91 Å². The molecular weight excluding hydrogens is 442 g/mol. The Morgan fingerprint density at radius 1 is 1.42 bits per heavy atom. The zero-order valence-corrected chi connectivity index (χ0v) is 13.3. The van der Waals surface area contributed by atoms with Crippen LogP contribution in [0.2, 0.25) is 0 Å². The largest absolute Gasteiger partial charge is 0.389 e. The molecule has 1 aromatic rings. The zero-order valence-electron chi connectivity index (χ0n) is 9.56. The van der Waals surface area contributed by atoms with E-state index in [9.17, 15) is 18.0 Å². The summed E-state index contributed by atoms with van der Waals surface area (Å²) in [7, 11) is 0. The standard InChI is InChI=1S/C11H10BrF3INO2/c12-9-7(3-1-4-8(9)16)10(18)17-19-6-2-5-11(13,14)15/h1,3-4H,2,5-6H2,(H,17,18). The average Bonchev–Trinajstić information content (AvgIpc) is 2.30. The van der Waals surface area contributed by atoms with E-state index in [4.69, 9.17) is 4.84 Å². The molecule has 0 aliphatic heterocycles. The number of amides is 1. The average molecular weight is 452 g/mol. The summed E-state index contributed by atoms with van der Waals surface area (Å²) in [6.07, 6.45) is -5.33. The second-order valence-corrected chi connectivity index (χ2v) is 5.55. The first-order valence-electron chi connectivity index (χ1n) is 5.24. The number of carbonyl (C=O) groups excluding carboxylic acids is 1. The zero-order chi connectivity index (χ0) is 14.5. The Labute approximate surface area is 130 Å². The summed E-state index contributed by atoms with van der Waals surface area (Å²) in [6, 6.07) is 5.09. The third-order valence-corrected chi connectivity index (χ3v) is 4.56. The highest BCUT2D eigenvalue weighted by atomic mass is 127. The summed E-state index contributed by atoms with van der Waals surface area (Å²) < 4.78 is 37.0. The summed E-state index contributed by atoms with van der Waals surface area (Å²) in [5.41, 5.74) is 2.48. The summed E-state index contributed by atoms with van der Waals surface area (Å²) in [5, 5.41) is 0. The van der Waals surface area contributed by atoms with Crippen molar-refractivity contribution in [3.8, 4) is 0 Å². The fourth-order valence-corrected chi connectivity index (χ4v) is 2.14. The SMILES string of the molecule is O=C(NOCCCC(F)(F)F)c1cccc(I)c1Br. The molecule has 0 radical (unpaired) electrons. The minimum atomic E-state index is -4.20. The molecule has 0 aliphatic rings. The van der Waals surface area contributed by atoms with Crippen molar-refractivity contribution in [1.82, 2.24) is 5.48 Å². The van der Waals surface area contributed by atoms with Crippen molar-refractivity contribution in [2.75, 3.05) is 6.61 Å². The minimum absolute atomic E-state index is 0.188. The van der Waals surface area contributed by atoms with Gasteiger partial charge in [-0.05, 0) is 57.1 Å². The number of carbonyl (C=O) groups is 1. The third-order valence-electron chi connectivity index (χ3n) is 2.07. The number of hydrogen-bond donors (Lipinski definition) is 1. The second-order valence-electron chi connectivity index (χ2n) is 3.60. The molecule has 8 heteroatoms. The Bertz CT molecular complexity index is 454. The van der Waals surface area contributed by atoms with Gasteiger partial charge in [0.2, 0.25) is 0 Å². The van der Waals surface area contributed by atoms with Crippen LogP contribution in [0.25, 0.3) is 0 Å². The van der Waals surface area contributed by atoms with Crippen molar-refractivity contribution < 1.29 is 22.8 Å². The number of hydroxylamine groups is 1. The van der Waals surface area contributed by atoms with E-state index in [2.05, 4.69) is 44.0 Å². The van der Waals surface area contributed by atoms with Crippen LogP contribution in [-0.2, 0) is 4.84 Å². The predicted molar refractivity (Wildman–Crippen MR) is 75.6 cm³/mol. The maximum Gasteiger partial charge on any atom is 0.389 e. The van der Waals surface area contributed by atoms with Gasteiger partial charge in [-0.1, -0.05) is 6.07 Å². The van der Waals surface area contributed by atoms with Gasteiger partial charge in [0, 0.05) is 14.5 Å². The Morgan fingerprint density at radius 3 is 2.74 bits per heavy atom. The van der Waals surface area contributed by atoms with Gasteiger partial charge in [-0.2, -0.15) is 13.2 Å².